The van der Waals surface area contributed by atoms with E-state index in [0.29, 0.717) is 30.2 Å². The van der Waals surface area contributed by atoms with Gasteiger partial charge in [0.15, 0.2) is 0 Å². The lowest BCUT2D eigenvalue weighted by atomic mass is 10.0. The molecule has 0 saturated heterocycles. The summed E-state index contributed by atoms with van der Waals surface area (Å²) in [4.78, 5) is 30.1. The number of ether oxygens (including phenoxy) is 2. The van der Waals surface area contributed by atoms with Gasteiger partial charge in [-0.05, 0) is 61.9 Å². The van der Waals surface area contributed by atoms with Crippen LogP contribution in [0.3, 0.4) is 0 Å². The molecule has 1 N–H and O–H groups in total. The highest BCUT2D eigenvalue weighted by molar-refractivity contribution is 6.05. The predicted molar refractivity (Wildman–Crippen MR) is 137 cm³/mol. The highest BCUT2D eigenvalue weighted by atomic mass is 19.1. The minimum Gasteiger partial charge on any atom is -0.491 e. The smallest absolute Gasteiger partial charge is 0.257 e. The van der Waals surface area contributed by atoms with Crippen molar-refractivity contribution in [3.8, 4) is 5.75 Å². The topological polar surface area (TPSA) is 71.1 Å². The molecule has 1 aliphatic carbocycles. The number of benzene rings is 2. The molecule has 36 heavy (non-hydrogen) atoms. The van der Waals surface area contributed by atoms with Gasteiger partial charge in [0.2, 0.25) is 0 Å². The number of hydrogen-bond donors (Lipinski definition) is 1. The van der Waals surface area contributed by atoms with Gasteiger partial charge in [-0.25, -0.2) is 4.39 Å². The minimum atomic E-state index is -0.481. The Morgan fingerprint density at radius 1 is 1.17 bits per heavy atom. The van der Waals surface area contributed by atoms with Gasteiger partial charge in [0.1, 0.15) is 18.2 Å². The third-order valence-electron chi connectivity index (χ3n) is 7.11. The number of fused-ring (bicyclic) bond motifs is 1. The summed E-state index contributed by atoms with van der Waals surface area (Å²) in [6.45, 7) is 7.07. The van der Waals surface area contributed by atoms with Crippen LogP contribution in [0.1, 0.15) is 47.4 Å². The molecule has 3 atom stereocenters. The lowest BCUT2D eigenvalue weighted by Gasteiger charge is -2.36. The first-order chi connectivity index (χ1) is 17.2. The van der Waals surface area contributed by atoms with E-state index < -0.39 is 11.7 Å². The summed E-state index contributed by atoms with van der Waals surface area (Å²) in [5.74, 6) is 0.285. The monoisotopic (exact) mass is 497 g/mol. The summed E-state index contributed by atoms with van der Waals surface area (Å²) in [5.41, 5.74) is 1.10. The molecule has 1 saturated carbocycles. The number of rotatable bonds is 5. The number of methoxy groups -OCH3 is 1. The molecular formula is C28H36FN3O4. The molecule has 0 unspecified atom stereocenters. The molecule has 1 heterocycles. The number of amides is 2. The van der Waals surface area contributed by atoms with Crippen LogP contribution in [0.25, 0.3) is 0 Å². The number of nitrogens with zero attached hydrogens (tertiary/aromatic N) is 2. The van der Waals surface area contributed by atoms with Gasteiger partial charge in [-0.3, -0.25) is 14.5 Å². The van der Waals surface area contributed by atoms with Crippen LogP contribution in [0, 0.1) is 17.7 Å². The molecule has 2 aromatic carbocycles. The first-order valence-electron chi connectivity index (χ1n) is 12.6. The third-order valence-corrected chi connectivity index (χ3v) is 7.11. The average molecular weight is 498 g/mol. The van der Waals surface area contributed by atoms with Crippen molar-refractivity contribution in [1.82, 2.24) is 9.80 Å². The second kappa shape index (κ2) is 11.4. The molecule has 194 valence electrons. The minimum absolute atomic E-state index is 0.0959. The Labute approximate surface area is 212 Å². The lowest BCUT2D eigenvalue weighted by molar-refractivity contribution is 0.00994. The van der Waals surface area contributed by atoms with Crippen LogP contribution in [-0.2, 0) is 4.74 Å². The van der Waals surface area contributed by atoms with Crippen LogP contribution < -0.4 is 10.1 Å². The Kier molecular flexibility index (Phi) is 8.26. The molecule has 2 amide bonds. The quantitative estimate of drug-likeness (QED) is 0.667. The van der Waals surface area contributed by atoms with Crippen molar-refractivity contribution in [2.24, 2.45) is 11.8 Å². The number of halogens is 1. The Hall–Kier alpha value is -2.97. The number of nitrogens with one attached hydrogen (secondary N) is 1. The van der Waals surface area contributed by atoms with E-state index in [0.717, 1.165) is 19.0 Å². The largest absolute Gasteiger partial charge is 0.491 e. The Morgan fingerprint density at radius 3 is 2.64 bits per heavy atom. The molecule has 2 aliphatic rings. The van der Waals surface area contributed by atoms with Gasteiger partial charge < -0.3 is 19.7 Å². The molecule has 0 bridgehead atoms. The second-order valence-electron chi connectivity index (χ2n) is 10.2. The molecule has 7 nitrogen and oxygen atoms in total. The van der Waals surface area contributed by atoms with Gasteiger partial charge in [-0.15, -0.1) is 0 Å². The van der Waals surface area contributed by atoms with Crippen LogP contribution >= 0.6 is 0 Å². The van der Waals surface area contributed by atoms with Gasteiger partial charge in [-0.1, -0.05) is 13.0 Å². The van der Waals surface area contributed by atoms with Gasteiger partial charge in [0.25, 0.3) is 11.8 Å². The molecule has 0 radical (unpaired) electrons. The van der Waals surface area contributed by atoms with E-state index in [9.17, 15) is 14.0 Å². The fourth-order valence-corrected chi connectivity index (χ4v) is 4.64. The van der Waals surface area contributed by atoms with Crippen LogP contribution in [0.2, 0.25) is 0 Å². The number of likely N-dealkylation sites (N-methyl/N-ethyl adjacent to an activating group) is 1. The van der Waals surface area contributed by atoms with E-state index >= 15 is 0 Å². The average Bonchev–Trinajstić information content (AvgIpc) is 3.68. The molecule has 8 heteroatoms. The summed E-state index contributed by atoms with van der Waals surface area (Å²) >= 11 is 0. The van der Waals surface area contributed by atoms with Crippen molar-refractivity contribution in [3.05, 3.63) is 59.4 Å². The van der Waals surface area contributed by atoms with Crippen molar-refractivity contribution >= 4 is 17.5 Å². The summed E-state index contributed by atoms with van der Waals surface area (Å²) in [6, 6.07) is 10.6. The number of anilines is 1. The number of carbonyl (C=O) groups is 2. The molecule has 0 spiro atoms. The molecular weight excluding hydrogens is 461 g/mol. The van der Waals surface area contributed by atoms with Crippen molar-refractivity contribution in [3.63, 3.8) is 0 Å². The van der Waals surface area contributed by atoms with Crippen LogP contribution in [0.15, 0.2) is 42.5 Å². The van der Waals surface area contributed by atoms with Gasteiger partial charge in [0.05, 0.1) is 11.7 Å². The SMILES string of the molecule is CO[C@@H]1CN(C)C(=O)c2ccc(NC(=O)c3cccc(F)c3)cc2OC[C@@H](C)N(CC2CC2)C[C@H]1C. The van der Waals surface area contributed by atoms with E-state index in [1.165, 1.54) is 31.0 Å². The zero-order valence-electron chi connectivity index (χ0n) is 21.5. The van der Waals surface area contributed by atoms with Crippen LogP contribution in [-0.4, -0.2) is 74.2 Å². The second-order valence-corrected chi connectivity index (χ2v) is 10.2. The fourth-order valence-electron chi connectivity index (χ4n) is 4.64. The van der Waals surface area contributed by atoms with Crippen molar-refractivity contribution < 1.29 is 23.5 Å². The summed E-state index contributed by atoms with van der Waals surface area (Å²) < 4.78 is 25.6. The Morgan fingerprint density at radius 2 is 1.94 bits per heavy atom. The van der Waals surface area contributed by atoms with Crippen LogP contribution in [0.5, 0.6) is 5.75 Å². The van der Waals surface area contributed by atoms with Crippen molar-refractivity contribution in [2.45, 2.75) is 38.8 Å². The summed E-state index contributed by atoms with van der Waals surface area (Å²) in [6.07, 6.45) is 2.43. The van der Waals surface area contributed by atoms with Gasteiger partial charge in [0, 0.05) is 57.2 Å². The lowest BCUT2D eigenvalue weighted by Crippen LogP contribution is -2.47. The van der Waals surface area contributed by atoms with E-state index in [2.05, 4.69) is 24.1 Å². The standard InChI is InChI=1S/C28H36FN3O4/c1-18-14-32(15-20-8-9-20)19(2)17-36-25-13-23(30-27(33)21-6-5-7-22(29)12-21)10-11-24(25)28(34)31(3)16-26(18)35-4/h5-7,10-13,18-20,26H,8-9,14-17H2,1-4H3,(H,30,33)/t18-,19-,26-/m1/s1. The molecule has 1 aliphatic heterocycles. The molecule has 1 fully saturated rings. The van der Waals surface area contributed by atoms with E-state index in [1.807, 2.05) is 0 Å². The predicted octanol–water partition coefficient (Wildman–Crippen LogP) is 4.29. The highest BCUT2D eigenvalue weighted by Gasteiger charge is 2.31. The first kappa shape index (κ1) is 26.1. The van der Waals surface area contributed by atoms with Crippen molar-refractivity contribution in [2.75, 3.05) is 45.7 Å². The number of hydrogen-bond acceptors (Lipinski definition) is 5. The maximum absolute atomic E-state index is 13.6. The fraction of sp³-hybridized carbons (Fsp3) is 0.500. The van der Waals surface area contributed by atoms with Crippen LogP contribution in [0.4, 0.5) is 10.1 Å². The van der Waals surface area contributed by atoms with Gasteiger partial charge >= 0.3 is 0 Å². The summed E-state index contributed by atoms with van der Waals surface area (Å²) in [5, 5.41) is 2.78. The Balaban J connectivity index is 1.60. The van der Waals surface area contributed by atoms with E-state index in [1.54, 1.807) is 43.3 Å². The Bertz CT molecular complexity index is 1090. The van der Waals surface area contributed by atoms with E-state index in [-0.39, 0.29) is 29.5 Å². The molecule has 0 aromatic heterocycles. The zero-order valence-corrected chi connectivity index (χ0v) is 21.5. The maximum Gasteiger partial charge on any atom is 0.257 e. The summed E-state index contributed by atoms with van der Waals surface area (Å²) in [7, 11) is 3.46. The van der Waals surface area contributed by atoms with E-state index in [4.69, 9.17) is 9.47 Å². The molecule has 2 aromatic rings. The first-order valence-corrected chi connectivity index (χ1v) is 12.6. The normalized spacial score (nSPS) is 23.8. The third kappa shape index (κ3) is 6.42. The van der Waals surface area contributed by atoms with Gasteiger partial charge in [-0.2, -0.15) is 0 Å². The maximum atomic E-state index is 13.6. The van der Waals surface area contributed by atoms with Crippen molar-refractivity contribution in [1.29, 1.82) is 0 Å². The molecule has 4 rings (SSSR count). The highest BCUT2D eigenvalue weighted by Crippen LogP contribution is 2.32. The zero-order chi connectivity index (χ0) is 25.8. The number of carbonyl (C=O) groups excluding carboxylic acids is 2.